The van der Waals surface area contributed by atoms with Crippen LogP contribution in [0.3, 0.4) is 0 Å². The lowest BCUT2D eigenvalue weighted by atomic mass is 9.96. The van der Waals surface area contributed by atoms with Gasteiger partial charge < -0.3 is 14.4 Å². The lowest BCUT2D eigenvalue weighted by Gasteiger charge is -2.30. The Bertz CT molecular complexity index is 811. The zero-order valence-corrected chi connectivity index (χ0v) is 13.5. The van der Waals surface area contributed by atoms with Crippen molar-refractivity contribution in [3.05, 3.63) is 52.6 Å². The molecule has 3 heterocycles. The van der Waals surface area contributed by atoms with E-state index in [1.54, 1.807) is 0 Å². The molecule has 0 aromatic heterocycles. The molecule has 2 aromatic rings. The summed E-state index contributed by atoms with van der Waals surface area (Å²) in [4.78, 5) is 15.4. The highest BCUT2D eigenvalue weighted by Gasteiger charge is 2.34. The maximum Gasteiger partial charge on any atom is 0.262 e. The first-order chi connectivity index (χ1) is 11.8. The Morgan fingerprint density at radius 1 is 1.00 bits per heavy atom. The molecule has 0 radical (unpaired) electrons. The second kappa shape index (κ2) is 5.26. The Morgan fingerprint density at radius 3 is 2.83 bits per heavy atom. The molecule has 0 saturated carbocycles. The van der Waals surface area contributed by atoms with Crippen molar-refractivity contribution in [3.8, 4) is 11.5 Å². The van der Waals surface area contributed by atoms with Crippen LogP contribution in [0.5, 0.6) is 11.5 Å². The summed E-state index contributed by atoms with van der Waals surface area (Å²) in [5.74, 6) is 1.71. The van der Waals surface area contributed by atoms with Gasteiger partial charge in [0.25, 0.3) is 5.91 Å². The SMILES string of the molecule is O=C(c1c2c(cc3c1OCC3)OCC2)N1CCCc2ccccc21. The standard InChI is InChI=1S/C20H19NO3/c22-20(21-9-3-5-13-4-1-2-6-16(13)21)18-15-8-11-23-17(15)12-14-7-10-24-19(14)18/h1-2,4,6,12H,3,5,7-11H2. The highest BCUT2D eigenvalue weighted by Crippen LogP contribution is 2.42. The van der Waals surface area contributed by atoms with Crippen LogP contribution < -0.4 is 14.4 Å². The smallest absolute Gasteiger partial charge is 0.262 e. The van der Waals surface area contributed by atoms with E-state index in [0.717, 1.165) is 66.1 Å². The zero-order chi connectivity index (χ0) is 16.1. The van der Waals surface area contributed by atoms with Gasteiger partial charge in [0, 0.05) is 36.2 Å². The number of para-hydroxylation sites is 1. The number of hydrogen-bond donors (Lipinski definition) is 0. The number of carbonyl (C=O) groups excluding carboxylic acids is 1. The molecule has 3 aliphatic heterocycles. The molecule has 0 unspecified atom stereocenters. The van der Waals surface area contributed by atoms with Crippen LogP contribution >= 0.6 is 0 Å². The van der Waals surface area contributed by atoms with Crippen LogP contribution in [0.25, 0.3) is 0 Å². The fourth-order valence-electron chi connectivity index (χ4n) is 4.09. The molecule has 0 bridgehead atoms. The van der Waals surface area contributed by atoms with E-state index in [1.807, 2.05) is 23.1 Å². The Morgan fingerprint density at radius 2 is 1.88 bits per heavy atom. The number of benzene rings is 2. The molecule has 2 aromatic carbocycles. The van der Waals surface area contributed by atoms with Crippen molar-refractivity contribution in [1.29, 1.82) is 0 Å². The fourth-order valence-corrected chi connectivity index (χ4v) is 4.09. The molecule has 24 heavy (non-hydrogen) atoms. The molecule has 3 aliphatic rings. The van der Waals surface area contributed by atoms with Crippen molar-refractivity contribution in [2.45, 2.75) is 25.7 Å². The van der Waals surface area contributed by atoms with Gasteiger partial charge in [0.15, 0.2) is 0 Å². The quantitative estimate of drug-likeness (QED) is 0.810. The van der Waals surface area contributed by atoms with E-state index in [4.69, 9.17) is 9.47 Å². The Labute approximate surface area is 141 Å². The van der Waals surface area contributed by atoms with Gasteiger partial charge in [0.05, 0.1) is 18.8 Å². The van der Waals surface area contributed by atoms with Gasteiger partial charge in [-0.1, -0.05) is 18.2 Å². The third-order valence-corrected chi connectivity index (χ3v) is 5.22. The van der Waals surface area contributed by atoms with Gasteiger partial charge >= 0.3 is 0 Å². The van der Waals surface area contributed by atoms with Crippen molar-refractivity contribution in [3.63, 3.8) is 0 Å². The normalized spacial score (nSPS) is 17.6. The number of fused-ring (bicyclic) bond motifs is 3. The van der Waals surface area contributed by atoms with Gasteiger partial charge in [-0.05, 0) is 30.5 Å². The van der Waals surface area contributed by atoms with Gasteiger partial charge in [-0.3, -0.25) is 4.79 Å². The molecule has 0 saturated heterocycles. The van der Waals surface area contributed by atoms with E-state index in [9.17, 15) is 4.79 Å². The molecule has 1 amide bonds. The fraction of sp³-hybridized carbons (Fsp3) is 0.350. The van der Waals surface area contributed by atoms with Crippen molar-refractivity contribution in [2.75, 3.05) is 24.7 Å². The molecule has 0 atom stereocenters. The minimum atomic E-state index is 0.0580. The second-order valence-electron chi connectivity index (χ2n) is 6.60. The summed E-state index contributed by atoms with van der Waals surface area (Å²) in [5.41, 5.74) is 5.14. The summed E-state index contributed by atoms with van der Waals surface area (Å²) in [6, 6.07) is 10.3. The predicted molar refractivity (Wildman–Crippen MR) is 91.3 cm³/mol. The van der Waals surface area contributed by atoms with Crippen molar-refractivity contribution < 1.29 is 14.3 Å². The summed E-state index contributed by atoms with van der Waals surface area (Å²) in [7, 11) is 0. The second-order valence-corrected chi connectivity index (χ2v) is 6.60. The largest absolute Gasteiger partial charge is 0.493 e. The average Bonchev–Trinajstić information content (AvgIpc) is 3.27. The van der Waals surface area contributed by atoms with Crippen LogP contribution in [-0.4, -0.2) is 25.7 Å². The average molecular weight is 321 g/mol. The van der Waals surface area contributed by atoms with Gasteiger partial charge in [0.1, 0.15) is 11.5 Å². The molecule has 0 fully saturated rings. The van der Waals surface area contributed by atoms with Gasteiger partial charge in [0.2, 0.25) is 0 Å². The van der Waals surface area contributed by atoms with E-state index in [-0.39, 0.29) is 5.91 Å². The van der Waals surface area contributed by atoms with Gasteiger partial charge in [-0.15, -0.1) is 0 Å². The molecule has 4 nitrogen and oxygen atoms in total. The summed E-state index contributed by atoms with van der Waals surface area (Å²) in [6.07, 6.45) is 3.66. The maximum absolute atomic E-state index is 13.5. The van der Waals surface area contributed by atoms with Crippen LogP contribution in [0, 0.1) is 0 Å². The zero-order valence-electron chi connectivity index (χ0n) is 13.5. The van der Waals surface area contributed by atoms with Crippen LogP contribution in [0.2, 0.25) is 0 Å². The van der Waals surface area contributed by atoms with E-state index >= 15 is 0 Å². The molecule has 0 aliphatic carbocycles. The number of rotatable bonds is 1. The first kappa shape index (κ1) is 13.9. The minimum Gasteiger partial charge on any atom is -0.493 e. The summed E-state index contributed by atoms with van der Waals surface area (Å²) >= 11 is 0. The third kappa shape index (κ3) is 1.95. The van der Waals surface area contributed by atoms with Crippen LogP contribution in [0.1, 0.15) is 33.5 Å². The Kier molecular flexibility index (Phi) is 3.05. The predicted octanol–water partition coefficient (Wildman–Crippen LogP) is 3.15. The summed E-state index contributed by atoms with van der Waals surface area (Å²) in [5, 5.41) is 0. The molecule has 5 rings (SSSR count). The van der Waals surface area contributed by atoms with Crippen molar-refractivity contribution >= 4 is 11.6 Å². The van der Waals surface area contributed by atoms with E-state index in [2.05, 4.69) is 12.1 Å². The van der Waals surface area contributed by atoms with Gasteiger partial charge in [-0.2, -0.15) is 0 Å². The molecule has 122 valence electrons. The molecule has 0 N–H and O–H groups in total. The first-order valence-electron chi connectivity index (χ1n) is 8.67. The molecule has 4 heteroatoms. The number of aryl methyl sites for hydroxylation is 1. The first-order valence-corrected chi connectivity index (χ1v) is 8.67. The monoisotopic (exact) mass is 321 g/mol. The highest BCUT2D eigenvalue weighted by molar-refractivity contribution is 6.10. The van der Waals surface area contributed by atoms with Crippen LogP contribution in [0.15, 0.2) is 30.3 Å². The summed E-state index contributed by atoms with van der Waals surface area (Å²) in [6.45, 7) is 2.05. The lowest BCUT2D eigenvalue weighted by molar-refractivity contribution is 0.0981. The maximum atomic E-state index is 13.5. The topological polar surface area (TPSA) is 38.8 Å². The molecular weight excluding hydrogens is 302 g/mol. The molecule has 0 spiro atoms. The van der Waals surface area contributed by atoms with E-state index in [0.29, 0.717) is 13.2 Å². The Hall–Kier alpha value is -2.49. The van der Waals surface area contributed by atoms with Gasteiger partial charge in [-0.25, -0.2) is 0 Å². The summed E-state index contributed by atoms with van der Waals surface area (Å²) < 4.78 is 11.6. The third-order valence-electron chi connectivity index (χ3n) is 5.22. The lowest BCUT2D eigenvalue weighted by Crippen LogP contribution is -2.36. The number of hydrogen-bond acceptors (Lipinski definition) is 3. The van der Waals surface area contributed by atoms with E-state index < -0.39 is 0 Å². The number of nitrogens with zero attached hydrogens (tertiary/aromatic N) is 1. The van der Waals surface area contributed by atoms with Crippen molar-refractivity contribution in [1.82, 2.24) is 0 Å². The minimum absolute atomic E-state index is 0.0580. The number of anilines is 1. The van der Waals surface area contributed by atoms with Crippen LogP contribution in [0.4, 0.5) is 5.69 Å². The highest BCUT2D eigenvalue weighted by atomic mass is 16.5. The van der Waals surface area contributed by atoms with Crippen molar-refractivity contribution in [2.24, 2.45) is 0 Å². The van der Waals surface area contributed by atoms with E-state index in [1.165, 1.54) is 5.56 Å². The molecular formula is C20H19NO3. The number of carbonyl (C=O) groups is 1. The number of amides is 1. The van der Waals surface area contributed by atoms with Crippen LogP contribution in [-0.2, 0) is 19.3 Å². The number of ether oxygens (including phenoxy) is 2. The Balaban J connectivity index is 1.65.